The van der Waals surface area contributed by atoms with Crippen LogP contribution in [0.1, 0.15) is 22.4 Å². The first-order valence-electron chi connectivity index (χ1n) is 5.09. The molecule has 0 aliphatic rings. The first-order valence-corrected chi connectivity index (χ1v) is 6.35. The highest BCUT2D eigenvalue weighted by atomic mass is 35.5. The van der Waals surface area contributed by atoms with Crippen molar-refractivity contribution in [2.75, 3.05) is 0 Å². The lowest BCUT2D eigenvalue weighted by Crippen LogP contribution is -2.02. The molecule has 2 rings (SSSR count). The van der Waals surface area contributed by atoms with Gasteiger partial charge in [-0.3, -0.25) is 0 Å². The van der Waals surface area contributed by atoms with E-state index < -0.39 is 11.9 Å². The summed E-state index contributed by atoms with van der Waals surface area (Å²) in [5.74, 6) is -0.444. The van der Waals surface area contributed by atoms with Gasteiger partial charge in [0.25, 0.3) is 0 Å². The zero-order valence-electron chi connectivity index (χ0n) is 9.15. The van der Waals surface area contributed by atoms with E-state index in [4.69, 9.17) is 11.6 Å². The van der Waals surface area contributed by atoms with E-state index in [9.17, 15) is 9.50 Å². The molecule has 0 saturated heterocycles. The van der Waals surface area contributed by atoms with Crippen molar-refractivity contribution >= 4 is 22.9 Å². The Labute approximate surface area is 108 Å². The van der Waals surface area contributed by atoms with Crippen molar-refractivity contribution < 1.29 is 9.50 Å². The van der Waals surface area contributed by atoms with Gasteiger partial charge in [0.2, 0.25) is 0 Å². The summed E-state index contributed by atoms with van der Waals surface area (Å²) in [4.78, 5) is 4.25. The Morgan fingerprint density at radius 3 is 2.82 bits per heavy atom. The van der Waals surface area contributed by atoms with Crippen LogP contribution in [-0.2, 0) is 6.42 Å². The highest BCUT2D eigenvalue weighted by Crippen LogP contribution is 2.23. The lowest BCUT2D eigenvalue weighted by Gasteiger charge is -2.10. The van der Waals surface area contributed by atoms with Gasteiger partial charge >= 0.3 is 0 Å². The summed E-state index contributed by atoms with van der Waals surface area (Å²) in [6.45, 7) is 1.90. The SMILES string of the molecule is Cc1nc(CC(O)c2cc(F)cc(Cl)c2)cs1. The summed E-state index contributed by atoms with van der Waals surface area (Å²) >= 11 is 7.26. The third-order valence-electron chi connectivity index (χ3n) is 2.34. The lowest BCUT2D eigenvalue weighted by atomic mass is 10.1. The Hall–Kier alpha value is -0.970. The highest BCUT2D eigenvalue weighted by molar-refractivity contribution is 7.09. The molecule has 1 N–H and O–H groups in total. The van der Waals surface area contributed by atoms with Gasteiger partial charge in [0, 0.05) is 16.8 Å². The molecule has 1 atom stereocenters. The fourth-order valence-corrected chi connectivity index (χ4v) is 2.44. The molecule has 5 heteroatoms. The maximum atomic E-state index is 13.1. The van der Waals surface area contributed by atoms with Crippen LogP contribution < -0.4 is 0 Å². The van der Waals surface area contributed by atoms with E-state index in [0.717, 1.165) is 10.7 Å². The minimum atomic E-state index is -0.787. The Kier molecular flexibility index (Phi) is 3.76. The number of aromatic nitrogens is 1. The Morgan fingerprint density at radius 1 is 1.47 bits per heavy atom. The molecule has 0 aliphatic heterocycles. The quantitative estimate of drug-likeness (QED) is 0.927. The molecule has 1 unspecified atom stereocenters. The standard InChI is InChI=1S/C12H11ClFNOS/c1-7-15-11(6-17-7)5-12(16)8-2-9(13)4-10(14)3-8/h2-4,6,12,16H,5H2,1H3. The average Bonchev–Trinajstić information content (AvgIpc) is 2.62. The topological polar surface area (TPSA) is 33.1 Å². The number of aliphatic hydroxyl groups is 1. The second kappa shape index (κ2) is 5.12. The van der Waals surface area contributed by atoms with Crippen LogP contribution in [0.25, 0.3) is 0 Å². The number of aliphatic hydroxyl groups excluding tert-OH is 1. The number of benzene rings is 1. The molecule has 0 amide bonds. The molecule has 1 heterocycles. The number of hydrogen-bond acceptors (Lipinski definition) is 3. The summed E-state index contributed by atoms with van der Waals surface area (Å²) < 4.78 is 13.1. The average molecular weight is 272 g/mol. The zero-order valence-corrected chi connectivity index (χ0v) is 10.7. The molecule has 0 aliphatic carbocycles. The maximum Gasteiger partial charge on any atom is 0.125 e. The minimum absolute atomic E-state index is 0.286. The zero-order chi connectivity index (χ0) is 12.4. The van der Waals surface area contributed by atoms with Crippen LogP contribution in [0.3, 0.4) is 0 Å². The number of hydrogen-bond donors (Lipinski definition) is 1. The van der Waals surface area contributed by atoms with E-state index in [1.165, 1.54) is 23.5 Å². The summed E-state index contributed by atoms with van der Waals surface area (Å²) in [5, 5.41) is 13.1. The minimum Gasteiger partial charge on any atom is -0.388 e. The van der Waals surface area contributed by atoms with Crippen LogP contribution in [0.2, 0.25) is 5.02 Å². The summed E-state index contributed by atoms with van der Waals surface area (Å²) in [6, 6.07) is 4.06. The van der Waals surface area contributed by atoms with Crippen LogP contribution >= 0.6 is 22.9 Å². The van der Waals surface area contributed by atoms with Crippen molar-refractivity contribution in [3.8, 4) is 0 Å². The van der Waals surface area contributed by atoms with E-state index >= 15 is 0 Å². The van der Waals surface area contributed by atoms with Crippen molar-refractivity contribution in [3.05, 3.63) is 50.7 Å². The lowest BCUT2D eigenvalue weighted by molar-refractivity contribution is 0.177. The Balaban J connectivity index is 2.16. The van der Waals surface area contributed by atoms with Gasteiger partial charge < -0.3 is 5.11 Å². The van der Waals surface area contributed by atoms with Crippen LogP contribution in [0.15, 0.2) is 23.6 Å². The van der Waals surface area contributed by atoms with Gasteiger partial charge in [0.15, 0.2) is 0 Å². The van der Waals surface area contributed by atoms with Gasteiger partial charge in [-0.1, -0.05) is 11.6 Å². The van der Waals surface area contributed by atoms with Gasteiger partial charge in [-0.25, -0.2) is 9.37 Å². The molecule has 0 saturated carbocycles. The van der Waals surface area contributed by atoms with Crippen molar-refractivity contribution in [3.63, 3.8) is 0 Å². The Morgan fingerprint density at radius 2 is 2.24 bits per heavy atom. The van der Waals surface area contributed by atoms with E-state index in [2.05, 4.69) is 4.98 Å². The van der Waals surface area contributed by atoms with Gasteiger partial charge in [0.1, 0.15) is 5.82 Å². The van der Waals surface area contributed by atoms with Gasteiger partial charge in [-0.05, 0) is 30.7 Å². The molecular weight excluding hydrogens is 261 g/mol. The molecule has 17 heavy (non-hydrogen) atoms. The largest absolute Gasteiger partial charge is 0.388 e. The third-order valence-corrected chi connectivity index (χ3v) is 3.38. The first kappa shape index (κ1) is 12.5. The second-order valence-corrected chi connectivity index (χ2v) is 5.28. The van der Waals surface area contributed by atoms with Crippen LogP contribution in [0.4, 0.5) is 4.39 Å². The van der Waals surface area contributed by atoms with Gasteiger partial charge in [-0.15, -0.1) is 11.3 Å². The summed E-state index contributed by atoms with van der Waals surface area (Å²) in [6.07, 6.45) is -0.422. The van der Waals surface area contributed by atoms with Crippen molar-refractivity contribution in [2.24, 2.45) is 0 Å². The third kappa shape index (κ3) is 3.25. The normalized spacial score (nSPS) is 12.7. The van der Waals surface area contributed by atoms with Gasteiger partial charge in [-0.2, -0.15) is 0 Å². The van der Waals surface area contributed by atoms with Crippen molar-refractivity contribution in [1.29, 1.82) is 0 Å². The predicted molar refractivity (Wildman–Crippen MR) is 66.9 cm³/mol. The molecular formula is C12H11ClFNOS. The highest BCUT2D eigenvalue weighted by Gasteiger charge is 2.12. The smallest absolute Gasteiger partial charge is 0.125 e. The van der Waals surface area contributed by atoms with Crippen LogP contribution in [0.5, 0.6) is 0 Å². The molecule has 1 aromatic carbocycles. The molecule has 1 aromatic heterocycles. The number of thiazole rings is 1. The molecule has 0 spiro atoms. The number of rotatable bonds is 3. The number of nitrogens with zero attached hydrogens (tertiary/aromatic N) is 1. The van der Waals surface area contributed by atoms with Crippen LogP contribution in [0, 0.1) is 12.7 Å². The van der Waals surface area contributed by atoms with E-state index in [1.54, 1.807) is 6.07 Å². The molecule has 0 bridgehead atoms. The van der Waals surface area contributed by atoms with Crippen molar-refractivity contribution in [2.45, 2.75) is 19.4 Å². The second-order valence-electron chi connectivity index (χ2n) is 3.78. The summed E-state index contributed by atoms with van der Waals surface area (Å²) in [5.41, 5.74) is 1.28. The predicted octanol–water partition coefficient (Wildman–Crippen LogP) is 3.52. The fraction of sp³-hybridized carbons (Fsp3) is 0.250. The Bertz CT molecular complexity index is 509. The first-order chi connectivity index (χ1) is 8.04. The fourth-order valence-electron chi connectivity index (χ4n) is 1.59. The van der Waals surface area contributed by atoms with E-state index in [-0.39, 0.29) is 5.02 Å². The number of aryl methyl sites for hydroxylation is 1. The number of halogens is 2. The van der Waals surface area contributed by atoms with Crippen LogP contribution in [-0.4, -0.2) is 10.1 Å². The molecule has 0 radical (unpaired) electrons. The molecule has 2 nitrogen and oxygen atoms in total. The summed E-state index contributed by atoms with van der Waals surface area (Å²) in [7, 11) is 0. The maximum absolute atomic E-state index is 13.1. The van der Waals surface area contributed by atoms with Gasteiger partial charge in [0.05, 0.1) is 16.8 Å². The monoisotopic (exact) mass is 271 g/mol. The van der Waals surface area contributed by atoms with Crippen molar-refractivity contribution in [1.82, 2.24) is 4.98 Å². The molecule has 2 aromatic rings. The molecule has 0 fully saturated rings. The van der Waals surface area contributed by atoms with E-state index in [0.29, 0.717) is 12.0 Å². The molecule has 90 valence electrons. The van der Waals surface area contributed by atoms with E-state index in [1.807, 2.05) is 12.3 Å².